The molecule has 8 heteroatoms. The summed E-state index contributed by atoms with van der Waals surface area (Å²) in [5.41, 5.74) is 0.204. The van der Waals surface area contributed by atoms with Crippen molar-refractivity contribution in [2.45, 2.75) is 12.8 Å². The van der Waals surface area contributed by atoms with Gasteiger partial charge in [0.15, 0.2) is 9.84 Å². The summed E-state index contributed by atoms with van der Waals surface area (Å²) in [5, 5.41) is 2.71. The molecule has 0 aromatic carbocycles. The van der Waals surface area contributed by atoms with Gasteiger partial charge in [0.25, 0.3) is 5.91 Å². The standard InChI is InChI=1S/C12H17N3O4S/c1-19-11-5-10(14-8-15-11)12(16)13-6-9-3-2-4-20(17,18)7-9/h5,8-9H,2-4,6-7H2,1H3,(H,13,16). The van der Waals surface area contributed by atoms with E-state index in [4.69, 9.17) is 4.74 Å². The quantitative estimate of drug-likeness (QED) is 0.843. The predicted molar refractivity (Wildman–Crippen MR) is 72.3 cm³/mol. The highest BCUT2D eigenvalue weighted by Gasteiger charge is 2.25. The molecule has 1 aliphatic rings. The Morgan fingerprint density at radius 3 is 3.00 bits per heavy atom. The monoisotopic (exact) mass is 299 g/mol. The van der Waals surface area contributed by atoms with Crippen molar-refractivity contribution in [3.8, 4) is 5.88 Å². The largest absolute Gasteiger partial charge is 0.481 e. The molecule has 1 atom stereocenters. The molecule has 1 saturated heterocycles. The minimum atomic E-state index is -2.95. The summed E-state index contributed by atoms with van der Waals surface area (Å²) >= 11 is 0. The zero-order valence-electron chi connectivity index (χ0n) is 11.2. The van der Waals surface area contributed by atoms with Gasteiger partial charge in [-0.15, -0.1) is 0 Å². The maximum atomic E-state index is 11.9. The number of hydrogen-bond donors (Lipinski definition) is 1. The molecule has 1 N–H and O–H groups in total. The van der Waals surface area contributed by atoms with Crippen LogP contribution in [0.5, 0.6) is 5.88 Å². The van der Waals surface area contributed by atoms with Gasteiger partial charge in [-0.25, -0.2) is 18.4 Å². The molecule has 0 bridgehead atoms. The number of sulfone groups is 1. The second-order valence-electron chi connectivity index (χ2n) is 4.78. The molecule has 0 aliphatic carbocycles. The number of nitrogens with zero attached hydrogens (tertiary/aromatic N) is 2. The normalized spacial score (nSPS) is 21.1. The number of carbonyl (C=O) groups is 1. The lowest BCUT2D eigenvalue weighted by Gasteiger charge is -2.21. The summed E-state index contributed by atoms with van der Waals surface area (Å²) in [6.45, 7) is 0.338. The minimum absolute atomic E-state index is 0.0265. The fourth-order valence-electron chi connectivity index (χ4n) is 2.18. The molecule has 2 rings (SSSR count). The summed E-state index contributed by atoms with van der Waals surface area (Å²) in [6, 6.07) is 1.44. The van der Waals surface area contributed by atoms with Crippen LogP contribution in [0.25, 0.3) is 0 Å². The van der Waals surface area contributed by atoms with Gasteiger partial charge in [-0.05, 0) is 18.8 Å². The lowest BCUT2D eigenvalue weighted by Crippen LogP contribution is -2.36. The fraction of sp³-hybridized carbons (Fsp3) is 0.583. The van der Waals surface area contributed by atoms with Crippen LogP contribution in [-0.2, 0) is 9.84 Å². The first kappa shape index (κ1) is 14.7. The molecule has 1 aliphatic heterocycles. The van der Waals surface area contributed by atoms with E-state index >= 15 is 0 Å². The molecule has 7 nitrogen and oxygen atoms in total. The highest BCUT2D eigenvalue weighted by Crippen LogP contribution is 2.17. The van der Waals surface area contributed by atoms with Crippen LogP contribution in [0, 0.1) is 5.92 Å². The molecule has 20 heavy (non-hydrogen) atoms. The molecule has 0 saturated carbocycles. The van der Waals surface area contributed by atoms with Crippen LogP contribution in [0.4, 0.5) is 0 Å². The molecule has 1 aromatic heterocycles. The average molecular weight is 299 g/mol. The van der Waals surface area contributed by atoms with Crippen LogP contribution in [0.1, 0.15) is 23.3 Å². The van der Waals surface area contributed by atoms with Crippen molar-refractivity contribution in [2.24, 2.45) is 5.92 Å². The van der Waals surface area contributed by atoms with Gasteiger partial charge < -0.3 is 10.1 Å². The lowest BCUT2D eigenvalue weighted by molar-refractivity contribution is 0.0941. The number of hydrogen-bond acceptors (Lipinski definition) is 6. The maximum Gasteiger partial charge on any atom is 0.270 e. The molecular weight excluding hydrogens is 282 g/mol. The van der Waals surface area contributed by atoms with Crippen molar-refractivity contribution in [1.82, 2.24) is 15.3 Å². The van der Waals surface area contributed by atoms with Gasteiger partial charge >= 0.3 is 0 Å². The molecule has 0 radical (unpaired) electrons. The van der Waals surface area contributed by atoms with Crippen molar-refractivity contribution in [3.05, 3.63) is 18.1 Å². The summed E-state index contributed by atoms with van der Waals surface area (Å²) < 4.78 is 27.9. The second kappa shape index (κ2) is 6.17. The van der Waals surface area contributed by atoms with E-state index in [1.54, 1.807) is 0 Å². The smallest absolute Gasteiger partial charge is 0.270 e. The number of methoxy groups -OCH3 is 1. The van der Waals surface area contributed by atoms with E-state index < -0.39 is 9.84 Å². The Hall–Kier alpha value is -1.70. The first-order valence-electron chi connectivity index (χ1n) is 6.35. The number of nitrogens with one attached hydrogen (secondary N) is 1. The van der Waals surface area contributed by atoms with Gasteiger partial charge in [0.2, 0.25) is 5.88 Å². The van der Waals surface area contributed by atoms with Crippen molar-refractivity contribution < 1.29 is 17.9 Å². The summed E-state index contributed by atoms with van der Waals surface area (Å²) in [4.78, 5) is 19.6. The van der Waals surface area contributed by atoms with Crippen molar-refractivity contribution >= 4 is 15.7 Å². The second-order valence-corrected chi connectivity index (χ2v) is 7.01. The van der Waals surface area contributed by atoms with Gasteiger partial charge in [0.1, 0.15) is 12.0 Å². The van der Waals surface area contributed by atoms with Gasteiger partial charge in [-0.3, -0.25) is 4.79 Å². The van der Waals surface area contributed by atoms with Gasteiger partial charge in [0.05, 0.1) is 18.6 Å². The Morgan fingerprint density at radius 1 is 1.50 bits per heavy atom. The molecule has 0 spiro atoms. The van der Waals surface area contributed by atoms with E-state index in [2.05, 4.69) is 15.3 Å². The molecule has 1 fully saturated rings. The molecule has 2 heterocycles. The number of aromatic nitrogens is 2. The number of amides is 1. The van der Waals surface area contributed by atoms with Gasteiger partial charge in [-0.1, -0.05) is 0 Å². The van der Waals surface area contributed by atoms with Crippen LogP contribution >= 0.6 is 0 Å². The van der Waals surface area contributed by atoms with Gasteiger partial charge in [0, 0.05) is 12.6 Å². The SMILES string of the molecule is COc1cc(C(=O)NCC2CCCS(=O)(=O)C2)ncn1. The topological polar surface area (TPSA) is 98.2 Å². The predicted octanol–water partition coefficient (Wildman–Crippen LogP) is 0.0398. The first-order valence-corrected chi connectivity index (χ1v) is 8.17. The number of carbonyl (C=O) groups excluding carboxylic acids is 1. The van der Waals surface area contributed by atoms with Crippen LogP contribution in [0.15, 0.2) is 12.4 Å². The van der Waals surface area contributed by atoms with E-state index in [9.17, 15) is 13.2 Å². The van der Waals surface area contributed by atoms with Crippen LogP contribution in [-0.4, -0.2) is 49.5 Å². The molecule has 1 unspecified atom stereocenters. The third-order valence-electron chi connectivity index (χ3n) is 3.19. The Bertz CT molecular complexity index is 588. The van der Waals surface area contributed by atoms with E-state index in [-0.39, 0.29) is 29.0 Å². The van der Waals surface area contributed by atoms with Crippen LogP contribution in [0.3, 0.4) is 0 Å². The van der Waals surface area contributed by atoms with Crippen LogP contribution in [0.2, 0.25) is 0 Å². The highest BCUT2D eigenvalue weighted by molar-refractivity contribution is 7.91. The highest BCUT2D eigenvalue weighted by atomic mass is 32.2. The van der Waals surface area contributed by atoms with E-state index in [1.807, 2.05) is 0 Å². The number of ether oxygens (including phenoxy) is 1. The molecule has 1 amide bonds. The Balaban J connectivity index is 1.91. The number of rotatable bonds is 4. The Kier molecular flexibility index (Phi) is 4.53. The third kappa shape index (κ3) is 3.89. The molecule has 110 valence electrons. The summed E-state index contributed by atoms with van der Waals surface area (Å²) in [6.07, 6.45) is 2.72. The van der Waals surface area contributed by atoms with E-state index in [1.165, 1.54) is 19.5 Å². The molecule has 1 aromatic rings. The van der Waals surface area contributed by atoms with Crippen molar-refractivity contribution in [1.29, 1.82) is 0 Å². The van der Waals surface area contributed by atoms with Crippen molar-refractivity contribution in [3.63, 3.8) is 0 Å². The third-order valence-corrected chi connectivity index (χ3v) is 5.08. The zero-order valence-corrected chi connectivity index (χ0v) is 12.0. The first-order chi connectivity index (χ1) is 9.50. The zero-order chi connectivity index (χ0) is 14.6. The molecular formula is C12H17N3O4S. The fourth-order valence-corrected chi connectivity index (χ4v) is 3.96. The summed E-state index contributed by atoms with van der Waals surface area (Å²) in [5.74, 6) is 0.321. The van der Waals surface area contributed by atoms with Crippen molar-refractivity contribution in [2.75, 3.05) is 25.2 Å². The van der Waals surface area contributed by atoms with Gasteiger partial charge in [-0.2, -0.15) is 0 Å². The minimum Gasteiger partial charge on any atom is -0.481 e. The Labute approximate surface area is 117 Å². The average Bonchev–Trinajstić information content (AvgIpc) is 2.44. The summed E-state index contributed by atoms with van der Waals surface area (Å²) in [7, 11) is -1.50. The lowest BCUT2D eigenvalue weighted by atomic mass is 10.1. The Morgan fingerprint density at radius 2 is 2.30 bits per heavy atom. The van der Waals surface area contributed by atoms with E-state index in [0.717, 1.165) is 6.42 Å². The van der Waals surface area contributed by atoms with Crippen LogP contribution < -0.4 is 10.1 Å². The van der Waals surface area contributed by atoms with E-state index in [0.29, 0.717) is 18.8 Å². The maximum absolute atomic E-state index is 11.9.